The third kappa shape index (κ3) is 14.9. The Bertz CT molecular complexity index is 1030. The van der Waals surface area contributed by atoms with Crippen molar-refractivity contribution in [3.63, 3.8) is 0 Å². The van der Waals surface area contributed by atoms with Gasteiger partial charge in [-0.2, -0.15) is 0 Å². The molecule has 226 valence electrons. The van der Waals surface area contributed by atoms with E-state index in [0.717, 1.165) is 49.0 Å². The minimum atomic E-state index is -0.931. The lowest BCUT2D eigenvalue weighted by Crippen LogP contribution is -2.27. The second-order valence-corrected chi connectivity index (χ2v) is 11.0. The molecule has 0 heterocycles. The summed E-state index contributed by atoms with van der Waals surface area (Å²) in [6, 6.07) is 15.1. The fourth-order valence-electron chi connectivity index (χ4n) is 4.92. The number of carbonyl (C=O) groups is 2. The number of aliphatic carboxylic acids is 1. The normalized spacial score (nSPS) is 12.2. The zero-order chi connectivity index (χ0) is 29.7. The molecule has 0 spiro atoms. The van der Waals surface area contributed by atoms with Crippen molar-refractivity contribution in [2.24, 2.45) is 5.92 Å². The second kappa shape index (κ2) is 20.7. The van der Waals surface area contributed by atoms with Crippen LogP contribution in [0.3, 0.4) is 0 Å². The zero-order valence-corrected chi connectivity index (χ0v) is 25.2. The highest BCUT2D eigenvalue weighted by Gasteiger charge is 2.10. The van der Waals surface area contributed by atoms with Gasteiger partial charge in [0.05, 0.1) is 12.2 Å². The molecule has 0 aromatic heterocycles. The molecule has 0 amide bonds. The van der Waals surface area contributed by atoms with Crippen LogP contribution in [0.25, 0.3) is 6.08 Å². The highest BCUT2D eigenvalue weighted by atomic mass is 16.5. The molecule has 0 aliphatic rings. The maximum absolute atomic E-state index is 11.2. The number of aromatic carboxylic acids is 1. The first-order chi connectivity index (χ1) is 19.9. The van der Waals surface area contributed by atoms with Crippen LogP contribution in [-0.4, -0.2) is 53.3 Å². The van der Waals surface area contributed by atoms with Crippen molar-refractivity contribution in [1.29, 1.82) is 0 Å². The lowest BCUT2D eigenvalue weighted by Gasteiger charge is -2.21. The van der Waals surface area contributed by atoms with Crippen molar-refractivity contribution in [3.05, 3.63) is 71.3 Å². The van der Waals surface area contributed by atoms with Gasteiger partial charge in [-0.25, -0.2) is 4.79 Å². The Morgan fingerprint density at radius 2 is 1.51 bits per heavy atom. The van der Waals surface area contributed by atoms with E-state index >= 15 is 0 Å². The van der Waals surface area contributed by atoms with Crippen LogP contribution in [-0.2, 0) is 11.2 Å². The average Bonchev–Trinajstić information content (AvgIpc) is 2.97. The van der Waals surface area contributed by atoms with Gasteiger partial charge in [0.25, 0.3) is 0 Å². The van der Waals surface area contributed by atoms with E-state index in [1.165, 1.54) is 51.7 Å². The summed E-state index contributed by atoms with van der Waals surface area (Å²) in [5.41, 5.74) is 2.38. The largest absolute Gasteiger partial charge is 0.493 e. The molecule has 2 aromatic carbocycles. The Morgan fingerprint density at radius 3 is 2.17 bits per heavy atom. The molecule has 1 unspecified atom stereocenters. The summed E-state index contributed by atoms with van der Waals surface area (Å²) in [7, 11) is 0. The molecule has 2 aromatic rings. The van der Waals surface area contributed by atoms with Gasteiger partial charge in [0, 0.05) is 12.0 Å². The van der Waals surface area contributed by atoms with Crippen LogP contribution in [0.1, 0.15) is 106 Å². The Labute approximate surface area is 247 Å². The van der Waals surface area contributed by atoms with Crippen LogP contribution in [0.15, 0.2) is 54.6 Å². The number of carboxylic acids is 2. The molecule has 41 heavy (non-hydrogen) atoms. The minimum absolute atomic E-state index is 0.177. The highest BCUT2D eigenvalue weighted by molar-refractivity contribution is 5.87. The third-order valence-electron chi connectivity index (χ3n) is 7.41. The highest BCUT2D eigenvalue weighted by Crippen LogP contribution is 2.24. The predicted octanol–water partition coefficient (Wildman–Crippen LogP) is 8.35. The molecular formula is C35H51NO5. The number of ether oxygens (including phenoxy) is 1. The quantitative estimate of drug-likeness (QED) is 0.132. The Morgan fingerprint density at radius 1 is 0.829 bits per heavy atom. The maximum atomic E-state index is 11.2. The van der Waals surface area contributed by atoms with Gasteiger partial charge in [0.2, 0.25) is 0 Å². The average molecular weight is 566 g/mol. The number of rotatable bonds is 23. The zero-order valence-electron chi connectivity index (χ0n) is 25.2. The Hall–Kier alpha value is -3.12. The molecule has 0 radical (unpaired) electrons. The molecule has 2 rings (SSSR count). The lowest BCUT2D eigenvalue weighted by atomic mass is 9.92. The Balaban J connectivity index is 1.92. The number of hydrogen-bond donors (Lipinski definition) is 2. The van der Waals surface area contributed by atoms with Gasteiger partial charge in [-0.15, -0.1) is 0 Å². The molecule has 0 bridgehead atoms. The van der Waals surface area contributed by atoms with E-state index < -0.39 is 11.9 Å². The van der Waals surface area contributed by atoms with Crippen molar-refractivity contribution in [2.45, 2.75) is 90.9 Å². The molecule has 0 aliphatic heterocycles. The first-order valence-electron chi connectivity index (χ1n) is 15.6. The van der Waals surface area contributed by atoms with Crippen molar-refractivity contribution in [2.75, 3.05) is 26.2 Å². The number of hydrogen-bond acceptors (Lipinski definition) is 4. The van der Waals surface area contributed by atoms with Crippen LogP contribution >= 0.6 is 0 Å². The number of unbranched alkanes of at least 4 members (excludes halogenated alkanes) is 5. The van der Waals surface area contributed by atoms with E-state index in [1.54, 1.807) is 12.1 Å². The van der Waals surface area contributed by atoms with Gasteiger partial charge in [-0.05, 0) is 101 Å². The lowest BCUT2D eigenvalue weighted by molar-refractivity contribution is -0.137. The van der Waals surface area contributed by atoms with E-state index in [4.69, 9.17) is 9.84 Å². The van der Waals surface area contributed by atoms with Gasteiger partial charge in [-0.3, -0.25) is 4.79 Å². The molecule has 1 atom stereocenters. The number of nitrogens with zero attached hydrogens (tertiary/aromatic N) is 1. The van der Waals surface area contributed by atoms with Crippen LogP contribution in [0.4, 0.5) is 0 Å². The first kappa shape index (κ1) is 34.1. The van der Waals surface area contributed by atoms with Gasteiger partial charge in [-0.1, -0.05) is 75.6 Å². The molecule has 6 nitrogen and oxygen atoms in total. The van der Waals surface area contributed by atoms with Crippen molar-refractivity contribution >= 4 is 18.0 Å². The van der Waals surface area contributed by atoms with Gasteiger partial charge in [0.15, 0.2) is 0 Å². The number of allylic oxidation sites excluding steroid dienone is 1. The first-order valence-corrected chi connectivity index (χ1v) is 15.6. The molecule has 0 fully saturated rings. The smallest absolute Gasteiger partial charge is 0.335 e. The summed E-state index contributed by atoms with van der Waals surface area (Å²) in [6.45, 7) is 8.80. The van der Waals surface area contributed by atoms with E-state index in [2.05, 4.69) is 37.0 Å². The number of carboxylic acid groups (broad SMARTS) is 2. The summed E-state index contributed by atoms with van der Waals surface area (Å²) in [5.74, 6) is -0.612. The minimum Gasteiger partial charge on any atom is -0.493 e. The SMILES string of the molecule is CCCCN(CCCC)CCCCCOc1ccccc1C=CC(CCCCC(=O)O)Cc1ccc(C(=O)O)cc1. The standard InChI is InChI=1S/C35H51NO5/c1-3-5-24-36(25-6-4-2)26-12-7-13-27-41-33-16-10-9-15-31(33)21-18-29(14-8-11-17-34(37)38)28-30-19-22-32(23-20-30)35(39)40/h9-10,15-16,18-23,29H,3-8,11-14,17,24-28H2,1-2H3,(H,37,38)(H,39,40). The molecule has 0 saturated heterocycles. The summed E-state index contributed by atoms with van der Waals surface area (Å²) in [4.78, 5) is 24.8. The maximum Gasteiger partial charge on any atom is 0.335 e. The molecular weight excluding hydrogens is 514 g/mol. The Kier molecular flexibility index (Phi) is 17.2. The summed E-state index contributed by atoms with van der Waals surface area (Å²) in [5, 5.41) is 18.2. The van der Waals surface area contributed by atoms with Gasteiger partial charge in [0.1, 0.15) is 5.75 Å². The van der Waals surface area contributed by atoms with Crippen LogP contribution in [0, 0.1) is 5.92 Å². The molecule has 2 N–H and O–H groups in total. The molecule has 6 heteroatoms. The van der Waals surface area contributed by atoms with E-state index in [1.807, 2.05) is 30.3 Å². The summed E-state index contributed by atoms with van der Waals surface area (Å²) in [6.07, 6.45) is 16.0. The number of benzene rings is 2. The third-order valence-corrected chi connectivity index (χ3v) is 7.41. The van der Waals surface area contributed by atoms with Crippen LogP contribution in [0.5, 0.6) is 5.75 Å². The fourth-order valence-corrected chi connectivity index (χ4v) is 4.92. The predicted molar refractivity (Wildman–Crippen MR) is 168 cm³/mol. The molecule has 0 aliphatic carbocycles. The molecule has 0 saturated carbocycles. The van der Waals surface area contributed by atoms with Crippen molar-refractivity contribution < 1.29 is 24.5 Å². The topological polar surface area (TPSA) is 87.1 Å². The van der Waals surface area contributed by atoms with Crippen LogP contribution in [0.2, 0.25) is 0 Å². The van der Waals surface area contributed by atoms with E-state index in [9.17, 15) is 14.7 Å². The number of para-hydroxylation sites is 1. The van der Waals surface area contributed by atoms with Gasteiger partial charge < -0.3 is 19.8 Å². The summed E-state index contributed by atoms with van der Waals surface area (Å²) >= 11 is 0. The van der Waals surface area contributed by atoms with Gasteiger partial charge >= 0.3 is 11.9 Å². The van der Waals surface area contributed by atoms with Crippen LogP contribution < -0.4 is 4.74 Å². The summed E-state index contributed by atoms with van der Waals surface area (Å²) < 4.78 is 6.20. The second-order valence-electron chi connectivity index (χ2n) is 11.0. The van der Waals surface area contributed by atoms with E-state index in [0.29, 0.717) is 13.0 Å². The van der Waals surface area contributed by atoms with Crippen molar-refractivity contribution in [3.8, 4) is 5.75 Å². The van der Waals surface area contributed by atoms with E-state index in [-0.39, 0.29) is 17.9 Å². The van der Waals surface area contributed by atoms with Crippen molar-refractivity contribution in [1.82, 2.24) is 4.90 Å². The monoisotopic (exact) mass is 565 g/mol. The fraction of sp³-hybridized carbons (Fsp3) is 0.543.